The molecule has 0 aromatic heterocycles. The van der Waals surface area contributed by atoms with Gasteiger partial charge in [0, 0.05) is 5.56 Å². The first kappa shape index (κ1) is 14.1. The highest BCUT2D eigenvalue weighted by molar-refractivity contribution is 5.95. The average Bonchev–Trinajstić information content (AvgIpc) is 2.35. The SMILES string of the molecule is CC1CC(C)CC(OCc2cccc(C(=N)N)c2)C1. The number of nitrogens with one attached hydrogen (secondary N) is 1. The highest BCUT2D eigenvalue weighted by Crippen LogP contribution is 2.30. The van der Waals surface area contributed by atoms with E-state index in [1.807, 2.05) is 24.3 Å². The van der Waals surface area contributed by atoms with Gasteiger partial charge in [-0.3, -0.25) is 5.41 Å². The molecule has 2 rings (SSSR count). The topological polar surface area (TPSA) is 59.1 Å². The molecule has 0 bridgehead atoms. The first-order chi connectivity index (χ1) is 9.04. The van der Waals surface area contributed by atoms with Gasteiger partial charge in [0.05, 0.1) is 12.7 Å². The second-order valence-corrected chi connectivity index (χ2v) is 5.96. The molecular formula is C16H24N2O. The van der Waals surface area contributed by atoms with E-state index in [0.29, 0.717) is 12.7 Å². The molecule has 0 radical (unpaired) electrons. The Labute approximate surface area is 115 Å². The maximum Gasteiger partial charge on any atom is 0.122 e. The number of hydrogen-bond donors (Lipinski definition) is 2. The molecule has 104 valence electrons. The number of ether oxygens (including phenoxy) is 1. The van der Waals surface area contributed by atoms with Gasteiger partial charge in [-0.25, -0.2) is 0 Å². The van der Waals surface area contributed by atoms with Crippen molar-refractivity contribution in [3.05, 3.63) is 35.4 Å². The molecule has 3 nitrogen and oxygen atoms in total. The predicted molar refractivity (Wildman–Crippen MR) is 78.2 cm³/mol. The largest absolute Gasteiger partial charge is 0.384 e. The lowest BCUT2D eigenvalue weighted by atomic mass is 9.82. The second-order valence-electron chi connectivity index (χ2n) is 5.96. The fraction of sp³-hybridized carbons (Fsp3) is 0.562. The highest BCUT2D eigenvalue weighted by atomic mass is 16.5. The molecule has 1 aliphatic rings. The van der Waals surface area contributed by atoms with Crippen molar-refractivity contribution in [1.82, 2.24) is 0 Å². The van der Waals surface area contributed by atoms with Crippen molar-refractivity contribution in [2.45, 2.75) is 45.8 Å². The Bertz CT molecular complexity index is 434. The van der Waals surface area contributed by atoms with E-state index in [1.54, 1.807) is 0 Å². The van der Waals surface area contributed by atoms with Crippen LogP contribution in [0.3, 0.4) is 0 Å². The van der Waals surface area contributed by atoms with Crippen molar-refractivity contribution in [2.75, 3.05) is 0 Å². The summed E-state index contributed by atoms with van der Waals surface area (Å²) >= 11 is 0. The van der Waals surface area contributed by atoms with Crippen LogP contribution >= 0.6 is 0 Å². The number of benzene rings is 1. The second kappa shape index (κ2) is 6.20. The van der Waals surface area contributed by atoms with Crippen molar-refractivity contribution in [3.63, 3.8) is 0 Å². The van der Waals surface area contributed by atoms with E-state index in [1.165, 1.54) is 6.42 Å². The summed E-state index contributed by atoms with van der Waals surface area (Å²) in [6.45, 7) is 5.23. The summed E-state index contributed by atoms with van der Waals surface area (Å²) in [5.74, 6) is 1.64. The molecule has 0 heterocycles. The quantitative estimate of drug-likeness (QED) is 0.644. The minimum absolute atomic E-state index is 0.113. The molecule has 1 fully saturated rings. The van der Waals surface area contributed by atoms with Crippen LogP contribution in [0.4, 0.5) is 0 Å². The molecule has 0 saturated heterocycles. The molecule has 1 aromatic rings. The summed E-state index contributed by atoms with van der Waals surface area (Å²) in [4.78, 5) is 0. The van der Waals surface area contributed by atoms with Gasteiger partial charge >= 0.3 is 0 Å². The summed E-state index contributed by atoms with van der Waals surface area (Å²) in [6.07, 6.45) is 4.02. The maximum atomic E-state index is 7.45. The van der Waals surface area contributed by atoms with Gasteiger partial charge in [-0.2, -0.15) is 0 Å². The fourth-order valence-electron chi connectivity index (χ4n) is 3.05. The van der Waals surface area contributed by atoms with E-state index in [0.717, 1.165) is 35.8 Å². The monoisotopic (exact) mass is 260 g/mol. The Morgan fingerprint density at radius 1 is 1.26 bits per heavy atom. The van der Waals surface area contributed by atoms with Gasteiger partial charge in [0.2, 0.25) is 0 Å². The highest BCUT2D eigenvalue weighted by Gasteiger charge is 2.24. The first-order valence-electron chi connectivity index (χ1n) is 7.09. The van der Waals surface area contributed by atoms with E-state index < -0.39 is 0 Å². The van der Waals surface area contributed by atoms with Gasteiger partial charge in [0.15, 0.2) is 0 Å². The van der Waals surface area contributed by atoms with Crippen LogP contribution in [0, 0.1) is 17.2 Å². The molecule has 1 saturated carbocycles. The number of nitrogens with two attached hydrogens (primary N) is 1. The Morgan fingerprint density at radius 3 is 2.58 bits per heavy atom. The summed E-state index contributed by atoms with van der Waals surface area (Å²) in [5.41, 5.74) is 7.37. The lowest BCUT2D eigenvalue weighted by Crippen LogP contribution is -2.26. The molecule has 3 N–H and O–H groups in total. The lowest BCUT2D eigenvalue weighted by molar-refractivity contribution is -0.00915. The molecule has 19 heavy (non-hydrogen) atoms. The summed E-state index contributed by atoms with van der Waals surface area (Å²) in [7, 11) is 0. The van der Waals surface area contributed by atoms with E-state index >= 15 is 0 Å². The number of hydrogen-bond acceptors (Lipinski definition) is 2. The molecule has 0 aliphatic heterocycles. The van der Waals surface area contributed by atoms with Crippen LogP contribution in [0.1, 0.15) is 44.2 Å². The van der Waals surface area contributed by atoms with Crippen molar-refractivity contribution in [3.8, 4) is 0 Å². The molecule has 1 aliphatic carbocycles. The predicted octanol–water partition coefficient (Wildman–Crippen LogP) is 3.31. The average molecular weight is 260 g/mol. The zero-order valence-corrected chi connectivity index (χ0v) is 11.9. The minimum Gasteiger partial charge on any atom is -0.384 e. The summed E-state index contributed by atoms with van der Waals surface area (Å²) in [6, 6.07) is 7.76. The van der Waals surface area contributed by atoms with Gasteiger partial charge in [-0.05, 0) is 42.7 Å². The van der Waals surface area contributed by atoms with E-state index in [-0.39, 0.29) is 5.84 Å². The Balaban J connectivity index is 1.91. The molecule has 0 amide bonds. The van der Waals surface area contributed by atoms with E-state index in [4.69, 9.17) is 15.9 Å². The molecule has 3 heteroatoms. The van der Waals surface area contributed by atoms with Crippen LogP contribution in [0.2, 0.25) is 0 Å². The first-order valence-corrected chi connectivity index (χ1v) is 7.09. The van der Waals surface area contributed by atoms with Gasteiger partial charge in [0.25, 0.3) is 0 Å². The van der Waals surface area contributed by atoms with Gasteiger partial charge in [-0.1, -0.05) is 32.0 Å². The van der Waals surface area contributed by atoms with Crippen LogP contribution in [0.5, 0.6) is 0 Å². The number of amidine groups is 1. The molecule has 2 atom stereocenters. The summed E-state index contributed by atoms with van der Waals surface area (Å²) < 4.78 is 6.03. The number of rotatable bonds is 4. The van der Waals surface area contributed by atoms with Crippen LogP contribution in [0.25, 0.3) is 0 Å². The van der Waals surface area contributed by atoms with Crippen molar-refractivity contribution >= 4 is 5.84 Å². The number of nitrogen functional groups attached to an aromatic ring is 1. The standard InChI is InChI=1S/C16H24N2O/c1-11-6-12(2)8-15(7-11)19-10-13-4-3-5-14(9-13)16(17)18/h3-5,9,11-12,15H,6-8,10H2,1-2H3,(H3,17,18). The molecule has 0 spiro atoms. The van der Waals surface area contributed by atoms with Crippen LogP contribution < -0.4 is 5.73 Å². The van der Waals surface area contributed by atoms with Crippen molar-refractivity contribution < 1.29 is 4.74 Å². The fourth-order valence-corrected chi connectivity index (χ4v) is 3.05. The van der Waals surface area contributed by atoms with Gasteiger partial charge < -0.3 is 10.5 Å². The van der Waals surface area contributed by atoms with Crippen LogP contribution in [-0.2, 0) is 11.3 Å². The Morgan fingerprint density at radius 2 is 1.95 bits per heavy atom. The third-order valence-electron chi connectivity index (χ3n) is 3.86. The maximum absolute atomic E-state index is 7.45. The minimum atomic E-state index is 0.113. The molecule has 2 unspecified atom stereocenters. The van der Waals surface area contributed by atoms with Crippen molar-refractivity contribution in [1.29, 1.82) is 5.41 Å². The van der Waals surface area contributed by atoms with E-state index in [9.17, 15) is 0 Å². The third kappa shape index (κ3) is 4.06. The lowest BCUT2D eigenvalue weighted by Gasteiger charge is -2.31. The Kier molecular flexibility index (Phi) is 4.59. The van der Waals surface area contributed by atoms with Crippen LogP contribution in [0.15, 0.2) is 24.3 Å². The zero-order chi connectivity index (χ0) is 13.8. The smallest absolute Gasteiger partial charge is 0.122 e. The van der Waals surface area contributed by atoms with Gasteiger partial charge in [-0.15, -0.1) is 0 Å². The zero-order valence-electron chi connectivity index (χ0n) is 11.9. The normalized spacial score (nSPS) is 27.2. The third-order valence-corrected chi connectivity index (χ3v) is 3.86. The molecular weight excluding hydrogens is 236 g/mol. The molecule has 1 aromatic carbocycles. The van der Waals surface area contributed by atoms with E-state index in [2.05, 4.69) is 13.8 Å². The summed E-state index contributed by atoms with van der Waals surface area (Å²) in [5, 5.41) is 7.45. The Hall–Kier alpha value is -1.35. The van der Waals surface area contributed by atoms with Gasteiger partial charge in [0.1, 0.15) is 5.84 Å². The van der Waals surface area contributed by atoms with Crippen LogP contribution in [-0.4, -0.2) is 11.9 Å². The van der Waals surface area contributed by atoms with Crippen molar-refractivity contribution in [2.24, 2.45) is 17.6 Å².